The second-order valence-electron chi connectivity index (χ2n) is 4.19. The Balaban J connectivity index is 2.15. The molecule has 0 atom stereocenters. The van der Waals surface area contributed by atoms with Gasteiger partial charge in [0, 0.05) is 6.07 Å². The molecule has 18 heavy (non-hydrogen) atoms. The Hall–Kier alpha value is -1.82. The van der Waals surface area contributed by atoms with Crippen molar-refractivity contribution < 1.29 is 14.4 Å². The number of rotatable bonds is 4. The molecule has 1 aliphatic rings. The van der Waals surface area contributed by atoms with Crippen molar-refractivity contribution >= 4 is 5.69 Å². The second kappa shape index (κ2) is 5.68. The maximum atomic E-state index is 10.8. The van der Waals surface area contributed by atoms with E-state index in [0.29, 0.717) is 11.5 Å². The van der Waals surface area contributed by atoms with Crippen molar-refractivity contribution in [3.8, 4) is 11.5 Å². The van der Waals surface area contributed by atoms with E-state index in [-0.39, 0.29) is 11.8 Å². The summed E-state index contributed by atoms with van der Waals surface area (Å²) in [6, 6.07) is 4.49. The van der Waals surface area contributed by atoms with Crippen molar-refractivity contribution in [3.05, 3.63) is 28.3 Å². The fourth-order valence-corrected chi connectivity index (χ4v) is 1.95. The smallest absolute Gasteiger partial charge is 0.276 e. The van der Waals surface area contributed by atoms with Crippen LogP contribution in [0.1, 0.15) is 12.8 Å². The number of benzene rings is 1. The Bertz CT molecular complexity index is 430. The Morgan fingerprint density at radius 2 is 1.94 bits per heavy atom. The molecule has 1 heterocycles. The van der Waals surface area contributed by atoms with E-state index in [9.17, 15) is 10.1 Å². The zero-order chi connectivity index (χ0) is 13.0. The summed E-state index contributed by atoms with van der Waals surface area (Å²) in [6.45, 7) is 1.83. The van der Waals surface area contributed by atoms with Gasteiger partial charge in [0.05, 0.1) is 24.2 Å². The molecule has 0 saturated carbocycles. The third kappa shape index (κ3) is 3.10. The third-order valence-corrected chi connectivity index (χ3v) is 2.90. The SMILES string of the molecule is COc1cc(OC2CCNCC2)cc([N+](=O)[O-])c1. The first-order chi connectivity index (χ1) is 8.69. The molecule has 0 bridgehead atoms. The van der Waals surface area contributed by atoms with E-state index < -0.39 is 4.92 Å². The van der Waals surface area contributed by atoms with Gasteiger partial charge in [-0.25, -0.2) is 0 Å². The first-order valence-corrected chi connectivity index (χ1v) is 5.90. The van der Waals surface area contributed by atoms with Gasteiger partial charge in [0.1, 0.15) is 17.6 Å². The normalized spacial score (nSPS) is 16.3. The van der Waals surface area contributed by atoms with Crippen molar-refractivity contribution in [2.24, 2.45) is 0 Å². The molecule has 1 aromatic carbocycles. The van der Waals surface area contributed by atoms with Crippen LogP contribution in [-0.4, -0.2) is 31.2 Å². The van der Waals surface area contributed by atoms with Gasteiger partial charge in [-0.05, 0) is 25.9 Å². The zero-order valence-corrected chi connectivity index (χ0v) is 10.2. The fourth-order valence-electron chi connectivity index (χ4n) is 1.95. The van der Waals surface area contributed by atoms with Gasteiger partial charge >= 0.3 is 0 Å². The van der Waals surface area contributed by atoms with Crippen LogP contribution < -0.4 is 14.8 Å². The highest BCUT2D eigenvalue weighted by Gasteiger charge is 2.17. The molecule has 98 valence electrons. The summed E-state index contributed by atoms with van der Waals surface area (Å²) in [5.74, 6) is 0.932. The molecule has 1 aliphatic heterocycles. The second-order valence-corrected chi connectivity index (χ2v) is 4.19. The van der Waals surface area contributed by atoms with E-state index in [1.807, 2.05) is 0 Å². The molecule has 0 aromatic heterocycles. The highest BCUT2D eigenvalue weighted by molar-refractivity contribution is 5.46. The predicted molar refractivity (Wildman–Crippen MR) is 66.2 cm³/mol. The lowest BCUT2D eigenvalue weighted by Gasteiger charge is -2.23. The number of hydrogen-bond acceptors (Lipinski definition) is 5. The lowest BCUT2D eigenvalue weighted by molar-refractivity contribution is -0.385. The standard InChI is InChI=1S/C12H16N2O4/c1-17-11-6-9(14(15)16)7-12(8-11)18-10-2-4-13-5-3-10/h6-8,10,13H,2-5H2,1H3. The van der Waals surface area contributed by atoms with Gasteiger partial charge < -0.3 is 14.8 Å². The van der Waals surface area contributed by atoms with Crippen LogP contribution in [0.2, 0.25) is 0 Å². The number of ether oxygens (including phenoxy) is 2. The summed E-state index contributed by atoms with van der Waals surface area (Å²) < 4.78 is 10.8. The monoisotopic (exact) mass is 252 g/mol. The van der Waals surface area contributed by atoms with Crippen LogP contribution in [0.5, 0.6) is 11.5 Å². The summed E-state index contributed by atoms with van der Waals surface area (Å²) in [6.07, 6.45) is 1.92. The van der Waals surface area contributed by atoms with Gasteiger partial charge in [-0.15, -0.1) is 0 Å². The summed E-state index contributed by atoms with van der Waals surface area (Å²) in [5.41, 5.74) is -0.0155. The van der Waals surface area contributed by atoms with Gasteiger partial charge in [0.25, 0.3) is 5.69 Å². The minimum atomic E-state index is -0.447. The van der Waals surface area contributed by atoms with Crippen LogP contribution in [0, 0.1) is 10.1 Å². The number of non-ortho nitro benzene ring substituents is 1. The molecule has 1 fully saturated rings. The molecule has 6 heteroatoms. The summed E-state index contributed by atoms with van der Waals surface area (Å²) in [4.78, 5) is 10.4. The average Bonchev–Trinajstić information content (AvgIpc) is 2.39. The van der Waals surface area contributed by atoms with Gasteiger partial charge in [-0.3, -0.25) is 10.1 Å². The summed E-state index contributed by atoms with van der Waals surface area (Å²) >= 11 is 0. The zero-order valence-electron chi connectivity index (χ0n) is 10.2. The molecule has 2 rings (SSSR count). The van der Waals surface area contributed by atoms with Crippen LogP contribution in [-0.2, 0) is 0 Å². The average molecular weight is 252 g/mol. The number of methoxy groups -OCH3 is 1. The first kappa shape index (κ1) is 12.6. The molecule has 0 amide bonds. The number of nitrogens with one attached hydrogen (secondary N) is 1. The Kier molecular flexibility index (Phi) is 3.99. The molecule has 1 saturated heterocycles. The Labute approximate surface area is 105 Å². The van der Waals surface area contributed by atoms with Gasteiger partial charge in [0.2, 0.25) is 0 Å². The van der Waals surface area contributed by atoms with Gasteiger partial charge in [0.15, 0.2) is 0 Å². The molecule has 0 spiro atoms. The van der Waals surface area contributed by atoms with Crippen molar-refractivity contribution in [2.45, 2.75) is 18.9 Å². The van der Waals surface area contributed by atoms with Gasteiger partial charge in [-0.1, -0.05) is 0 Å². The van der Waals surface area contributed by atoms with Crippen molar-refractivity contribution in [2.75, 3.05) is 20.2 Å². The minimum Gasteiger partial charge on any atom is -0.496 e. The Morgan fingerprint density at radius 1 is 1.28 bits per heavy atom. The topological polar surface area (TPSA) is 73.6 Å². The molecule has 1 aromatic rings. The number of hydrogen-bond donors (Lipinski definition) is 1. The van der Waals surface area contributed by atoms with Gasteiger partial charge in [-0.2, -0.15) is 0 Å². The van der Waals surface area contributed by atoms with Crippen LogP contribution in [0.15, 0.2) is 18.2 Å². The van der Waals surface area contributed by atoms with E-state index >= 15 is 0 Å². The maximum absolute atomic E-state index is 10.8. The van der Waals surface area contributed by atoms with E-state index in [4.69, 9.17) is 9.47 Å². The lowest BCUT2D eigenvalue weighted by Crippen LogP contribution is -2.34. The van der Waals surface area contributed by atoms with E-state index in [0.717, 1.165) is 25.9 Å². The maximum Gasteiger partial charge on any atom is 0.276 e. The van der Waals surface area contributed by atoms with E-state index in [2.05, 4.69) is 5.32 Å². The highest BCUT2D eigenvalue weighted by atomic mass is 16.6. The number of nitro groups is 1. The molecular formula is C12H16N2O4. The first-order valence-electron chi connectivity index (χ1n) is 5.90. The fraction of sp³-hybridized carbons (Fsp3) is 0.500. The predicted octanol–water partition coefficient (Wildman–Crippen LogP) is 1.73. The highest BCUT2D eigenvalue weighted by Crippen LogP contribution is 2.28. The molecule has 1 N–H and O–H groups in total. The number of nitrogens with zero attached hydrogens (tertiary/aromatic N) is 1. The summed E-state index contributed by atoms with van der Waals surface area (Å²) in [7, 11) is 1.48. The minimum absolute atomic E-state index is 0.0155. The third-order valence-electron chi connectivity index (χ3n) is 2.90. The summed E-state index contributed by atoms with van der Waals surface area (Å²) in [5, 5.41) is 14.0. The quantitative estimate of drug-likeness (QED) is 0.652. The number of nitro benzene ring substituents is 1. The van der Waals surface area contributed by atoms with E-state index in [1.165, 1.54) is 19.2 Å². The van der Waals surface area contributed by atoms with Crippen molar-refractivity contribution in [1.29, 1.82) is 0 Å². The molecular weight excluding hydrogens is 236 g/mol. The van der Waals surface area contributed by atoms with Crippen LogP contribution in [0.25, 0.3) is 0 Å². The number of piperidine rings is 1. The van der Waals surface area contributed by atoms with Crippen LogP contribution >= 0.6 is 0 Å². The van der Waals surface area contributed by atoms with E-state index in [1.54, 1.807) is 6.07 Å². The van der Waals surface area contributed by atoms with Crippen molar-refractivity contribution in [3.63, 3.8) is 0 Å². The largest absolute Gasteiger partial charge is 0.496 e. The molecule has 0 aliphatic carbocycles. The van der Waals surface area contributed by atoms with Crippen LogP contribution in [0.3, 0.4) is 0 Å². The molecule has 0 unspecified atom stereocenters. The molecule has 6 nitrogen and oxygen atoms in total. The van der Waals surface area contributed by atoms with Crippen molar-refractivity contribution in [1.82, 2.24) is 5.32 Å². The molecule has 0 radical (unpaired) electrons. The Morgan fingerprint density at radius 3 is 2.56 bits per heavy atom. The lowest BCUT2D eigenvalue weighted by atomic mass is 10.1. The van der Waals surface area contributed by atoms with Crippen LogP contribution in [0.4, 0.5) is 5.69 Å².